The summed E-state index contributed by atoms with van der Waals surface area (Å²) in [4.78, 5) is 22.5. The van der Waals surface area contributed by atoms with E-state index >= 15 is 0 Å². The Bertz CT molecular complexity index is 303. The SMILES string of the molecule is C=CCSCCNC(=O)NC1(C(=O)O)CCC1. The minimum absolute atomic E-state index is 0.397. The van der Waals surface area contributed by atoms with Crippen molar-refractivity contribution in [3.63, 3.8) is 0 Å². The maximum atomic E-state index is 11.5. The van der Waals surface area contributed by atoms with Crippen LogP contribution < -0.4 is 10.6 Å². The van der Waals surface area contributed by atoms with Crippen LogP contribution in [0.15, 0.2) is 12.7 Å². The fourth-order valence-electron chi connectivity index (χ4n) is 1.59. The van der Waals surface area contributed by atoms with Crippen molar-refractivity contribution in [3.8, 4) is 0 Å². The van der Waals surface area contributed by atoms with E-state index in [2.05, 4.69) is 17.2 Å². The molecule has 0 aliphatic heterocycles. The van der Waals surface area contributed by atoms with Gasteiger partial charge in [0.25, 0.3) is 0 Å². The van der Waals surface area contributed by atoms with Gasteiger partial charge in [-0.25, -0.2) is 9.59 Å². The van der Waals surface area contributed by atoms with Crippen molar-refractivity contribution in [2.75, 3.05) is 18.1 Å². The van der Waals surface area contributed by atoms with Gasteiger partial charge in [-0.1, -0.05) is 6.08 Å². The first kappa shape index (κ1) is 13.9. The van der Waals surface area contributed by atoms with E-state index in [9.17, 15) is 9.59 Å². The number of carboxylic acids is 1. The normalized spacial score (nSPS) is 16.7. The molecule has 17 heavy (non-hydrogen) atoms. The number of amides is 2. The van der Waals surface area contributed by atoms with Crippen LogP contribution >= 0.6 is 11.8 Å². The lowest BCUT2D eigenvalue weighted by Crippen LogP contribution is -2.61. The standard InChI is InChI=1S/C11H18N2O3S/c1-2-7-17-8-6-12-10(16)13-11(9(14)15)4-3-5-11/h2H,1,3-8H2,(H,14,15)(H2,12,13,16). The van der Waals surface area contributed by atoms with Crippen molar-refractivity contribution in [2.24, 2.45) is 0 Å². The number of hydrogen-bond acceptors (Lipinski definition) is 3. The van der Waals surface area contributed by atoms with Crippen molar-refractivity contribution in [2.45, 2.75) is 24.8 Å². The number of carbonyl (C=O) groups excluding carboxylic acids is 1. The maximum absolute atomic E-state index is 11.5. The van der Waals surface area contributed by atoms with Gasteiger partial charge in [-0.05, 0) is 19.3 Å². The van der Waals surface area contributed by atoms with Gasteiger partial charge in [0.05, 0.1) is 0 Å². The van der Waals surface area contributed by atoms with Gasteiger partial charge in [-0.2, -0.15) is 11.8 Å². The quantitative estimate of drug-likeness (QED) is 0.474. The Labute approximate surface area is 105 Å². The van der Waals surface area contributed by atoms with E-state index < -0.39 is 17.5 Å². The molecular formula is C11H18N2O3S. The molecule has 0 bridgehead atoms. The van der Waals surface area contributed by atoms with Gasteiger partial charge in [0, 0.05) is 18.1 Å². The molecule has 5 nitrogen and oxygen atoms in total. The molecule has 0 radical (unpaired) electrons. The van der Waals surface area contributed by atoms with E-state index in [0.29, 0.717) is 19.4 Å². The van der Waals surface area contributed by atoms with E-state index in [4.69, 9.17) is 5.11 Å². The number of thioether (sulfide) groups is 1. The van der Waals surface area contributed by atoms with Crippen LogP contribution in [0.1, 0.15) is 19.3 Å². The van der Waals surface area contributed by atoms with Gasteiger partial charge in [0.2, 0.25) is 0 Å². The van der Waals surface area contributed by atoms with Crippen molar-refractivity contribution >= 4 is 23.8 Å². The summed E-state index contributed by atoms with van der Waals surface area (Å²) in [6, 6.07) is -0.397. The number of nitrogens with one attached hydrogen (secondary N) is 2. The smallest absolute Gasteiger partial charge is 0.329 e. The summed E-state index contributed by atoms with van der Waals surface area (Å²) in [7, 11) is 0. The fraction of sp³-hybridized carbons (Fsp3) is 0.636. The molecule has 0 aromatic heterocycles. The average molecular weight is 258 g/mol. The molecule has 0 unspecified atom stereocenters. The summed E-state index contributed by atoms with van der Waals surface area (Å²) in [6.45, 7) is 4.12. The lowest BCUT2D eigenvalue weighted by molar-refractivity contribution is -0.148. The molecule has 0 spiro atoms. The lowest BCUT2D eigenvalue weighted by atomic mass is 9.77. The second-order valence-corrected chi connectivity index (χ2v) is 5.14. The van der Waals surface area contributed by atoms with E-state index in [1.54, 1.807) is 17.8 Å². The average Bonchev–Trinajstić information content (AvgIpc) is 2.22. The number of rotatable bonds is 7. The zero-order valence-electron chi connectivity index (χ0n) is 9.70. The Hall–Kier alpha value is -1.17. The highest BCUT2D eigenvalue weighted by molar-refractivity contribution is 7.99. The summed E-state index contributed by atoms with van der Waals surface area (Å²) in [5.74, 6) is 0.696. The van der Waals surface area contributed by atoms with E-state index in [1.165, 1.54) is 0 Å². The van der Waals surface area contributed by atoms with Gasteiger partial charge in [0.1, 0.15) is 5.54 Å². The molecule has 3 N–H and O–H groups in total. The molecule has 1 rings (SSSR count). The van der Waals surface area contributed by atoms with Crippen LogP contribution in [0.5, 0.6) is 0 Å². The predicted molar refractivity (Wildman–Crippen MR) is 68.3 cm³/mol. The summed E-state index contributed by atoms with van der Waals surface area (Å²) in [5.41, 5.74) is -1.03. The summed E-state index contributed by atoms with van der Waals surface area (Å²) in [5, 5.41) is 14.2. The van der Waals surface area contributed by atoms with Gasteiger partial charge in [-0.15, -0.1) is 6.58 Å². The molecule has 1 aliphatic carbocycles. The monoisotopic (exact) mass is 258 g/mol. The minimum atomic E-state index is -1.03. The number of aliphatic carboxylic acids is 1. The van der Waals surface area contributed by atoms with Crippen molar-refractivity contribution < 1.29 is 14.7 Å². The van der Waals surface area contributed by atoms with Gasteiger partial charge in [-0.3, -0.25) is 0 Å². The minimum Gasteiger partial charge on any atom is -0.480 e. The number of carbonyl (C=O) groups is 2. The van der Waals surface area contributed by atoms with Crippen LogP contribution in [0.25, 0.3) is 0 Å². The molecule has 0 atom stereocenters. The van der Waals surface area contributed by atoms with Crippen molar-refractivity contribution in [3.05, 3.63) is 12.7 Å². The van der Waals surface area contributed by atoms with Gasteiger partial charge < -0.3 is 15.7 Å². The van der Waals surface area contributed by atoms with Crippen molar-refractivity contribution in [1.82, 2.24) is 10.6 Å². The highest BCUT2D eigenvalue weighted by atomic mass is 32.2. The van der Waals surface area contributed by atoms with Gasteiger partial charge in [0.15, 0.2) is 0 Å². The highest BCUT2D eigenvalue weighted by Crippen LogP contribution is 2.31. The first-order valence-electron chi connectivity index (χ1n) is 5.59. The second-order valence-electron chi connectivity index (χ2n) is 3.99. The molecule has 1 fully saturated rings. The lowest BCUT2D eigenvalue weighted by Gasteiger charge is -2.38. The summed E-state index contributed by atoms with van der Waals surface area (Å²) in [6.07, 6.45) is 3.68. The van der Waals surface area contributed by atoms with E-state index in [1.807, 2.05) is 0 Å². The fourth-order valence-corrected chi connectivity index (χ4v) is 2.17. The number of carboxylic acid groups (broad SMARTS) is 1. The Morgan fingerprint density at radius 3 is 2.65 bits per heavy atom. The molecule has 0 aromatic rings. The van der Waals surface area contributed by atoms with Crippen LogP contribution in [0.4, 0.5) is 4.79 Å². The number of urea groups is 1. The first-order chi connectivity index (χ1) is 8.10. The van der Waals surface area contributed by atoms with E-state index in [0.717, 1.165) is 17.9 Å². The predicted octanol–water partition coefficient (Wildman–Crippen LogP) is 1.21. The topological polar surface area (TPSA) is 78.4 Å². The molecule has 6 heteroatoms. The molecule has 0 saturated heterocycles. The van der Waals surface area contributed by atoms with Crippen LogP contribution in [-0.4, -0.2) is 40.7 Å². The van der Waals surface area contributed by atoms with Crippen LogP contribution in [0.3, 0.4) is 0 Å². The summed E-state index contributed by atoms with van der Waals surface area (Å²) < 4.78 is 0. The first-order valence-corrected chi connectivity index (χ1v) is 6.74. The zero-order chi connectivity index (χ0) is 12.7. The maximum Gasteiger partial charge on any atom is 0.329 e. The van der Waals surface area contributed by atoms with Crippen LogP contribution in [-0.2, 0) is 4.79 Å². The largest absolute Gasteiger partial charge is 0.480 e. The molecule has 1 saturated carbocycles. The molecule has 96 valence electrons. The molecule has 1 aliphatic rings. The van der Waals surface area contributed by atoms with Crippen LogP contribution in [0.2, 0.25) is 0 Å². The number of hydrogen-bond donors (Lipinski definition) is 3. The molecule has 0 heterocycles. The third kappa shape index (κ3) is 3.96. The third-order valence-corrected chi connectivity index (χ3v) is 3.70. The van der Waals surface area contributed by atoms with Gasteiger partial charge >= 0.3 is 12.0 Å². The third-order valence-electron chi connectivity index (χ3n) is 2.74. The Morgan fingerprint density at radius 1 is 1.47 bits per heavy atom. The van der Waals surface area contributed by atoms with Crippen LogP contribution in [0, 0.1) is 0 Å². The summed E-state index contributed by atoms with van der Waals surface area (Å²) >= 11 is 1.66. The van der Waals surface area contributed by atoms with Crippen molar-refractivity contribution in [1.29, 1.82) is 0 Å². The zero-order valence-corrected chi connectivity index (χ0v) is 10.5. The second kappa shape index (κ2) is 6.54. The Balaban J connectivity index is 2.20. The Morgan fingerprint density at radius 2 is 2.18 bits per heavy atom. The molecule has 2 amide bonds. The van der Waals surface area contributed by atoms with E-state index in [-0.39, 0.29) is 0 Å². The molecular weight excluding hydrogens is 240 g/mol. The molecule has 0 aromatic carbocycles. The Kier molecular flexibility index (Phi) is 5.34. The highest BCUT2D eigenvalue weighted by Gasteiger charge is 2.45.